The highest BCUT2D eigenvalue weighted by atomic mass is 32.2. The van der Waals surface area contributed by atoms with E-state index in [4.69, 9.17) is 10.5 Å². The van der Waals surface area contributed by atoms with Crippen molar-refractivity contribution in [2.75, 3.05) is 6.61 Å². The van der Waals surface area contributed by atoms with Crippen molar-refractivity contribution in [3.05, 3.63) is 5.82 Å². The Balaban J connectivity index is 2.65. The van der Waals surface area contributed by atoms with E-state index in [0.29, 0.717) is 24.1 Å². The van der Waals surface area contributed by atoms with Crippen molar-refractivity contribution in [1.82, 2.24) is 14.8 Å². The molecule has 90 valence electrons. The Morgan fingerprint density at radius 1 is 1.62 bits per heavy atom. The van der Waals surface area contributed by atoms with Gasteiger partial charge in [0.1, 0.15) is 11.1 Å². The second-order valence-electron chi connectivity index (χ2n) is 3.17. The first kappa shape index (κ1) is 13.0. The Hall–Kier alpha value is -1.08. The molecule has 1 heterocycles. The van der Waals surface area contributed by atoms with Gasteiger partial charge in [-0.1, -0.05) is 11.8 Å². The van der Waals surface area contributed by atoms with Crippen LogP contribution in [0, 0.1) is 0 Å². The van der Waals surface area contributed by atoms with E-state index in [1.165, 1.54) is 11.8 Å². The van der Waals surface area contributed by atoms with Gasteiger partial charge in [-0.2, -0.15) is 0 Å². The summed E-state index contributed by atoms with van der Waals surface area (Å²) in [5, 5.41) is 8.23. The highest BCUT2D eigenvalue weighted by Crippen LogP contribution is 2.21. The molecule has 1 unspecified atom stereocenters. The van der Waals surface area contributed by atoms with Gasteiger partial charge in [-0.15, -0.1) is 10.2 Å². The Kier molecular flexibility index (Phi) is 4.75. The molecule has 6 nitrogen and oxygen atoms in total. The SMILES string of the molecule is CCOC(=O)C(C)Sc1nnc(CN)n1C. The number of nitrogens with two attached hydrogens (primary N) is 1. The molecule has 0 fully saturated rings. The molecule has 0 spiro atoms. The van der Waals surface area contributed by atoms with Gasteiger partial charge in [0.2, 0.25) is 0 Å². The van der Waals surface area contributed by atoms with Gasteiger partial charge in [0.05, 0.1) is 13.2 Å². The number of aromatic nitrogens is 3. The van der Waals surface area contributed by atoms with Gasteiger partial charge < -0.3 is 15.0 Å². The molecular weight excluding hydrogens is 228 g/mol. The molecule has 0 aromatic carbocycles. The van der Waals surface area contributed by atoms with Gasteiger partial charge in [0.25, 0.3) is 0 Å². The molecule has 0 radical (unpaired) electrons. The standard InChI is InChI=1S/C9H16N4O2S/c1-4-15-8(14)6(2)16-9-12-11-7(5-10)13(9)3/h6H,4-5,10H2,1-3H3. The molecule has 1 rings (SSSR count). The molecule has 1 atom stereocenters. The van der Waals surface area contributed by atoms with Crippen LogP contribution in [0.1, 0.15) is 19.7 Å². The second-order valence-corrected chi connectivity index (χ2v) is 4.48. The fraction of sp³-hybridized carbons (Fsp3) is 0.667. The Bertz CT molecular complexity index is 366. The van der Waals surface area contributed by atoms with Crippen LogP contribution in [0.25, 0.3) is 0 Å². The normalized spacial score (nSPS) is 12.5. The van der Waals surface area contributed by atoms with Crippen LogP contribution in [0.4, 0.5) is 0 Å². The number of thioether (sulfide) groups is 1. The predicted octanol–water partition coefficient (Wildman–Crippen LogP) is 0.318. The van der Waals surface area contributed by atoms with Gasteiger partial charge in [0.15, 0.2) is 5.16 Å². The number of nitrogens with zero attached hydrogens (tertiary/aromatic N) is 3. The van der Waals surface area contributed by atoms with Crippen LogP contribution in [0.15, 0.2) is 5.16 Å². The lowest BCUT2D eigenvalue weighted by Crippen LogP contribution is -2.17. The zero-order chi connectivity index (χ0) is 12.1. The molecule has 0 bridgehead atoms. The average Bonchev–Trinajstić information content (AvgIpc) is 2.60. The van der Waals surface area contributed by atoms with E-state index in [2.05, 4.69) is 10.2 Å². The number of carbonyl (C=O) groups excluding carboxylic acids is 1. The molecule has 0 saturated carbocycles. The smallest absolute Gasteiger partial charge is 0.319 e. The van der Waals surface area contributed by atoms with E-state index in [9.17, 15) is 4.79 Å². The van der Waals surface area contributed by atoms with Gasteiger partial charge in [0, 0.05) is 7.05 Å². The molecule has 1 aromatic heterocycles. The average molecular weight is 244 g/mol. The van der Waals surface area contributed by atoms with Crippen LogP contribution in [0.5, 0.6) is 0 Å². The van der Waals surface area contributed by atoms with Crippen molar-refractivity contribution < 1.29 is 9.53 Å². The van der Waals surface area contributed by atoms with Crippen LogP contribution in [-0.4, -0.2) is 32.6 Å². The van der Waals surface area contributed by atoms with E-state index in [1.54, 1.807) is 18.4 Å². The third-order valence-electron chi connectivity index (χ3n) is 2.01. The van der Waals surface area contributed by atoms with Crippen LogP contribution in [-0.2, 0) is 23.1 Å². The lowest BCUT2D eigenvalue weighted by molar-refractivity contribution is -0.142. The molecule has 16 heavy (non-hydrogen) atoms. The summed E-state index contributed by atoms with van der Waals surface area (Å²) in [6.07, 6.45) is 0. The van der Waals surface area contributed by atoms with Crippen molar-refractivity contribution in [1.29, 1.82) is 0 Å². The van der Waals surface area contributed by atoms with E-state index in [1.807, 2.05) is 7.05 Å². The van der Waals surface area contributed by atoms with E-state index in [-0.39, 0.29) is 11.2 Å². The van der Waals surface area contributed by atoms with E-state index >= 15 is 0 Å². The molecule has 0 aliphatic heterocycles. The van der Waals surface area contributed by atoms with E-state index < -0.39 is 0 Å². The maximum Gasteiger partial charge on any atom is 0.319 e. The Labute approximate surface area is 98.6 Å². The molecule has 2 N–H and O–H groups in total. The summed E-state index contributed by atoms with van der Waals surface area (Å²) in [6.45, 7) is 4.28. The predicted molar refractivity (Wildman–Crippen MR) is 60.8 cm³/mol. The van der Waals surface area contributed by atoms with Crippen LogP contribution in [0.3, 0.4) is 0 Å². The number of hydrogen-bond donors (Lipinski definition) is 1. The monoisotopic (exact) mass is 244 g/mol. The molecule has 1 aromatic rings. The van der Waals surface area contributed by atoms with E-state index in [0.717, 1.165) is 0 Å². The summed E-state index contributed by atoms with van der Waals surface area (Å²) in [4.78, 5) is 11.4. The maximum absolute atomic E-state index is 11.4. The quantitative estimate of drug-likeness (QED) is 0.593. The summed E-state index contributed by atoms with van der Waals surface area (Å²) >= 11 is 1.31. The van der Waals surface area contributed by atoms with Gasteiger partial charge in [-0.05, 0) is 13.8 Å². The molecular formula is C9H16N4O2S. The molecule has 0 aliphatic carbocycles. The lowest BCUT2D eigenvalue weighted by Gasteiger charge is -2.09. The van der Waals surface area contributed by atoms with Gasteiger partial charge in [-0.25, -0.2) is 0 Å². The largest absolute Gasteiger partial charge is 0.465 e. The molecule has 7 heteroatoms. The third kappa shape index (κ3) is 2.96. The Morgan fingerprint density at radius 3 is 2.81 bits per heavy atom. The number of carbonyl (C=O) groups is 1. The highest BCUT2D eigenvalue weighted by molar-refractivity contribution is 8.00. The zero-order valence-corrected chi connectivity index (χ0v) is 10.5. The first-order chi connectivity index (χ1) is 7.60. The maximum atomic E-state index is 11.4. The summed E-state index contributed by atoms with van der Waals surface area (Å²) < 4.78 is 6.69. The summed E-state index contributed by atoms with van der Waals surface area (Å²) in [7, 11) is 1.82. The first-order valence-corrected chi connectivity index (χ1v) is 5.89. The minimum Gasteiger partial charge on any atom is -0.465 e. The van der Waals surface area contributed by atoms with Crippen molar-refractivity contribution in [2.24, 2.45) is 12.8 Å². The molecule has 0 amide bonds. The van der Waals surface area contributed by atoms with Crippen molar-refractivity contribution in [3.63, 3.8) is 0 Å². The summed E-state index contributed by atoms with van der Waals surface area (Å²) in [6, 6.07) is 0. The van der Waals surface area contributed by atoms with Crippen LogP contribution < -0.4 is 5.73 Å². The number of rotatable bonds is 5. The van der Waals surface area contributed by atoms with Crippen molar-refractivity contribution in [2.45, 2.75) is 30.8 Å². The summed E-state index contributed by atoms with van der Waals surface area (Å²) in [5.41, 5.74) is 5.48. The Morgan fingerprint density at radius 2 is 2.31 bits per heavy atom. The second kappa shape index (κ2) is 5.86. The van der Waals surface area contributed by atoms with Crippen molar-refractivity contribution >= 4 is 17.7 Å². The summed E-state index contributed by atoms with van der Waals surface area (Å²) in [5.74, 6) is 0.448. The number of hydrogen-bond acceptors (Lipinski definition) is 6. The highest BCUT2D eigenvalue weighted by Gasteiger charge is 2.19. The zero-order valence-electron chi connectivity index (χ0n) is 9.64. The fourth-order valence-electron chi connectivity index (χ4n) is 1.09. The number of esters is 1. The lowest BCUT2D eigenvalue weighted by atomic mass is 10.5. The minimum atomic E-state index is -0.298. The topological polar surface area (TPSA) is 83.0 Å². The van der Waals surface area contributed by atoms with Crippen LogP contribution in [0.2, 0.25) is 0 Å². The third-order valence-corrected chi connectivity index (χ3v) is 3.12. The minimum absolute atomic E-state index is 0.246. The van der Waals surface area contributed by atoms with Crippen LogP contribution >= 0.6 is 11.8 Å². The molecule has 0 saturated heterocycles. The fourth-order valence-corrected chi connectivity index (χ4v) is 1.92. The van der Waals surface area contributed by atoms with Gasteiger partial charge in [-0.3, -0.25) is 4.79 Å². The molecule has 0 aliphatic rings. The van der Waals surface area contributed by atoms with Gasteiger partial charge >= 0.3 is 5.97 Å². The first-order valence-electron chi connectivity index (χ1n) is 5.01. The number of ether oxygens (including phenoxy) is 1. The van der Waals surface area contributed by atoms with Crippen molar-refractivity contribution in [3.8, 4) is 0 Å².